The van der Waals surface area contributed by atoms with Gasteiger partial charge < -0.3 is 24.5 Å². The van der Waals surface area contributed by atoms with Crippen LogP contribution in [0.25, 0.3) is 0 Å². The van der Waals surface area contributed by atoms with E-state index in [0.29, 0.717) is 19.6 Å². The molecule has 0 radical (unpaired) electrons. The van der Waals surface area contributed by atoms with Gasteiger partial charge in [0, 0.05) is 20.1 Å². The third kappa shape index (κ3) is 4.68. The maximum atomic E-state index is 12.0. The Morgan fingerprint density at radius 2 is 1.84 bits per heavy atom. The predicted octanol–water partition coefficient (Wildman–Crippen LogP) is -0.225. The van der Waals surface area contributed by atoms with Crippen LogP contribution in [0.5, 0.6) is 0 Å². The van der Waals surface area contributed by atoms with Gasteiger partial charge in [0.15, 0.2) is 0 Å². The molecule has 0 atom stereocenters. The summed E-state index contributed by atoms with van der Waals surface area (Å²) in [5, 5.41) is 8.56. The minimum absolute atomic E-state index is 0.0433. The Hall–Kier alpha value is -1.34. The summed E-state index contributed by atoms with van der Waals surface area (Å²) >= 11 is 0. The highest BCUT2D eigenvalue weighted by molar-refractivity contribution is 5.75. The van der Waals surface area contributed by atoms with Crippen LogP contribution in [0.2, 0.25) is 0 Å². The van der Waals surface area contributed by atoms with Crippen LogP contribution in [0.1, 0.15) is 6.92 Å². The van der Waals surface area contributed by atoms with Crippen LogP contribution in [0.15, 0.2) is 0 Å². The molecule has 1 N–H and O–H groups in total. The maximum absolute atomic E-state index is 12.0. The summed E-state index contributed by atoms with van der Waals surface area (Å²) in [5.41, 5.74) is -0.531. The largest absolute Gasteiger partial charge is 0.480 e. The number of urea groups is 1. The molecule has 2 amide bonds. The number of carboxylic acid groups (broad SMARTS) is 1. The number of amides is 2. The fraction of sp³-hybridized carbons (Fsp3) is 0.833. The molecule has 0 aromatic rings. The lowest BCUT2D eigenvalue weighted by Gasteiger charge is -2.48. The topological polar surface area (TPSA) is 73.3 Å². The number of hydrogen-bond acceptors (Lipinski definition) is 4. The minimum atomic E-state index is -0.992. The molecule has 0 aromatic heterocycles. The zero-order chi connectivity index (χ0) is 14.6. The van der Waals surface area contributed by atoms with E-state index in [-0.39, 0.29) is 12.6 Å². The summed E-state index contributed by atoms with van der Waals surface area (Å²) in [4.78, 5) is 27.8. The van der Waals surface area contributed by atoms with Crippen molar-refractivity contribution in [3.63, 3.8) is 0 Å². The van der Waals surface area contributed by atoms with E-state index in [1.54, 1.807) is 16.8 Å². The van der Waals surface area contributed by atoms with Gasteiger partial charge in [-0.2, -0.15) is 0 Å². The van der Waals surface area contributed by atoms with Crippen molar-refractivity contribution in [2.45, 2.75) is 12.5 Å². The Kier molecular flexibility index (Phi) is 5.13. The van der Waals surface area contributed by atoms with Crippen molar-refractivity contribution in [1.82, 2.24) is 14.7 Å². The van der Waals surface area contributed by atoms with E-state index in [0.717, 1.165) is 6.54 Å². The van der Waals surface area contributed by atoms with E-state index in [1.165, 1.54) is 0 Å². The van der Waals surface area contributed by atoms with Crippen LogP contribution in [-0.4, -0.2) is 91.3 Å². The van der Waals surface area contributed by atoms with Crippen molar-refractivity contribution in [2.24, 2.45) is 0 Å². The van der Waals surface area contributed by atoms with Gasteiger partial charge in [-0.3, -0.25) is 0 Å². The van der Waals surface area contributed by atoms with E-state index < -0.39 is 11.6 Å². The van der Waals surface area contributed by atoms with E-state index in [9.17, 15) is 9.59 Å². The lowest BCUT2D eigenvalue weighted by atomic mass is 9.97. The molecule has 7 heteroatoms. The average Bonchev–Trinajstić information content (AvgIpc) is 2.28. The van der Waals surface area contributed by atoms with Crippen molar-refractivity contribution >= 4 is 12.0 Å². The molecule has 1 aliphatic rings. The van der Waals surface area contributed by atoms with Crippen LogP contribution in [0.4, 0.5) is 4.79 Å². The Labute approximate surface area is 113 Å². The standard InChI is InChI=1S/C12H23N3O4/c1-12(19-7-10(16)17)8-15(9-12)11(18)14(4)6-5-13(2)3/h5-9H2,1-4H3,(H,16,17). The quantitative estimate of drug-likeness (QED) is 0.724. The Morgan fingerprint density at radius 1 is 1.26 bits per heavy atom. The SMILES string of the molecule is CN(C)CCN(C)C(=O)N1CC(C)(OCC(=O)O)C1. The molecule has 0 aromatic carbocycles. The van der Waals surface area contributed by atoms with Crippen LogP contribution < -0.4 is 0 Å². The first-order chi connectivity index (χ1) is 8.73. The second-order valence-corrected chi connectivity index (χ2v) is 5.50. The lowest BCUT2D eigenvalue weighted by molar-refractivity contribution is -0.160. The molecule has 19 heavy (non-hydrogen) atoms. The van der Waals surface area contributed by atoms with Gasteiger partial charge in [0.05, 0.1) is 13.1 Å². The molecule has 1 saturated heterocycles. The first-order valence-electron chi connectivity index (χ1n) is 6.24. The summed E-state index contributed by atoms with van der Waals surface area (Å²) in [6.45, 7) is 3.84. The molecule has 0 spiro atoms. The summed E-state index contributed by atoms with van der Waals surface area (Å²) in [5.74, 6) is -0.992. The first kappa shape index (κ1) is 15.7. The van der Waals surface area contributed by atoms with Crippen molar-refractivity contribution < 1.29 is 19.4 Å². The fourth-order valence-electron chi connectivity index (χ4n) is 1.91. The number of carboxylic acids is 1. The monoisotopic (exact) mass is 273 g/mol. The van der Waals surface area contributed by atoms with Gasteiger partial charge in [-0.25, -0.2) is 9.59 Å². The number of ether oxygens (including phenoxy) is 1. The lowest BCUT2D eigenvalue weighted by Crippen LogP contribution is -2.65. The van der Waals surface area contributed by atoms with E-state index in [2.05, 4.69) is 0 Å². The Morgan fingerprint density at radius 3 is 2.32 bits per heavy atom. The summed E-state index contributed by atoms with van der Waals surface area (Å²) in [6, 6.07) is -0.0433. The molecular weight excluding hydrogens is 250 g/mol. The molecule has 1 aliphatic heterocycles. The van der Waals surface area contributed by atoms with Crippen LogP contribution in [0.3, 0.4) is 0 Å². The first-order valence-corrected chi connectivity index (χ1v) is 6.24. The van der Waals surface area contributed by atoms with Gasteiger partial charge in [-0.05, 0) is 21.0 Å². The summed E-state index contributed by atoms with van der Waals surface area (Å²) in [6.07, 6.45) is 0. The molecule has 7 nitrogen and oxygen atoms in total. The number of likely N-dealkylation sites (N-methyl/N-ethyl adjacent to an activating group) is 2. The molecule has 1 fully saturated rings. The number of carbonyl (C=O) groups excluding carboxylic acids is 1. The van der Waals surface area contributed by atoms with Crippen molar-refractivity contribution in [2.75, 3.05) is 53.9 Å². The molecule has 1 rings (SSSR count). The van der Waals surface area contributed by atoms with E-state index >= 15 is 0 Å². The number of rotatable bonds is 6. The molecular formula is C12H23N3O4. The Bertz CT molecular complexity index is 340. The van der Waals surface area contributed by atoms with Gasteiger partial charge >= 0.3 is 12.0 Å². The average molecular weight is 273 g/mol. The highest BCUT2D eigenvalue weighted by atomic mass is 16.5. The van der Waals surface area contributed by atoms with Crippen molar-refractivity contribution in [3.8, 4) is 0 Å². The van der Waals surface area contributed by atoms with Crippen LogP contribution in [0, 0.1) is 0 Å². The highest BCUT2D eigenvalue weighted by Gasteiger charge is 2.43. The second kappa shape index (κ2) is 6.21. The summed E-state index contributed by atoms with van der Waals surface area (Å²) < 4.78 is 5.27. The number of aliphatic carboxylic acids is 1. The molecule has 0 bridgehead atoms. The van der Waals surface area contributed by atoms with Gasteiger partial charge in [0.25, 0.3) is 0 Å². The fourth-order valence-corrected chi connectivity index (χ4v) is 1.91. The Balaban J connectivity index is 2.32. The summed E-state index contributed by atoms with van der Waals surface area (Å²) in [7, 11) is 5.68. The van der Waals surface area contributed by atoms with Gasteiger partial charge in [0.1, 0.15) is 12.2 Å². The zero-order valence-electron chi connectivity index (χ0n) is 12.0. The van der Waals surface area contributed by atoms with E-state index in [1.807, 2.05) is 25.9 Å². The third-order valence-electron chi connectivity index (χ3n) is 3.07. The van der Waals surface area contributed by atoms with Crippen molar-refractivity contribution in [1.29, 1.82) is 0 Å². The smallest absolute Gasteiger partial charge is 0.329 e. The number of hydrogen-bond donors (Lipinski definition) is 1. The third-order valence-corrected chi connectivity index (χ3v) is 3.07. The molecule has 1 heterocycles. The van der Waals surface area contributed by atoms with Crippen molar-refractivity contribution in [3.05, 3.63) is 0 Å². The molecule has 0 saturated carbocycles. The molecule has 0 unspecified atom stereocenters. The van der Waals surface area contributed by atoms with Crippen LogP contribution in [-0.2, 0) is 9.53 Å². The minimum Gasteiger partial charge on any atom is -0.480 e. The predicted molar refractivity (Wildman–Crippen MR) is 70.1 cm³/mol. The number of likely N-dealkylation sites (tertiary alicyclic amines) is 1. The van der Waals surface area contributed by atoms with Gasteiger partial charge in [-0.1, -0.05) is 0 Å². The second-order valence-electron chi connectivity index (χ2n) is 5.50. The van der Waals surface area contributed by atoms with Gasteiger partial charge in [0.2, 0.25) is 0 Å². The normalized spacial score (nSPS) is 17.2. The van der Waals surface area contributed by atoms with E-state index in [4.69, 9.17) is 9.84 Å². The number of nitrogens with zero attached hydrogens (tertiary/aromatic N) is 3. The molecule has 0 aliphatic carbocycles. The molecule has 110 valence electrons. The zero-order valence-corrected chi connectivity index (χ0v) is 12.0. The maximum Gasteiger partial charge on any atom is 0.329 e. The highest BCUT2D eigenvalue weighted by Crippen LogP contribution is 2.25. The van der Waals surface area contributed by atoms with Crippen LogP contribution >= 0.6 is 0 Å². The van der Waals surface area contributed by atoms with Gasteiger partial charge in [-0.15, -0.1) is 0 Å². The number of carbonyl (C=O) groups is 2.